The van der Waals surface area contributed by atoms with Crippen LogP contribution in [0.3, 0.4) is 0 Å². The molecule has 2 rings (SSSR count). The van der Waals surface area contributed by atoms with E-state index < -0.39 is 0 Å². The average molecular weight is 211 g/mol. The van der Waals surface area contributed by atoms with Gasteiger partial charge in [-0.25, -0.2) is 0 Å². The van der Waals surface area contributed by atoms with Crippen molar-refractivity contribution in [1.29, 1.82) is 5.26 Å². The van der Waals surface area contributed by atoms with Crippen LogP contribution in [0.4, 0.5) is 0 Å². The molecular weight excluding hydrogens is 202 g/mol. The lowest BCUT2D eigenvalue weighted by Crippen LogP contribution is -1.91. The van der Waals surface area contributed by atoms with E-state index in [0.717, 1.165) is 11.3 Å². The minimum absolute atomic E-state index is 0.476. The Kier molecular flexibility index (Phi) is 2.79. The van der Waals surface area contributed by atoms with E-state index in [-0.39, 0.29) is 0 Å². The zero-order chi connectivity index (χ0) is 11.4. The van der Waals surface area contributed by atoms with Crippen LogP contribution in [0.2, 0.25) is 0 Å². The number of ether oxygens (including phenoxy) is 1. The van der Waals surface area contributed by atoms with E-state index in [2.05, 4.69) is 16.0 Å². The SMILES string of the molecule is COc1cnc(-c2ccncc2)cc1C#N. The summed E-state index contributed by atoms with van der Waals surface area (Å²) in [5.74, 6) is 0.486. The van der Waals surface area contributed by atoms with E-state index in [9.17, 15) is 0 Å². The first-order valence-corrected chi connectivity index (χ1v) is 4.69. The predicted octanol–water partition coefficient (Wildman–Crippen LogP) is 2.02. The quantitative estimate of drug-likeness (QED) is 0.762. The largest absolute Gasteiger partial charge is 0.494 e. The molecule has 0 aliphatic heterocycles. The Hall–Kier alpha value is -2.41. The maximum Gasteiger partial charge on any atom is 0.154 e. The molecule has 2 aromatic heterocycles. The smallest absolute Gasteiger partial charge is 0.154 e. The summed E-state index contributed by atoms with van der Waals surface area (Å²) in [5.41, 5.74) is 2.14. The van der Waals surface area contributed by atoms with Crippen molar-refractivity contribution >= 4 is 0 Å². The van der Waals surface area contributed by atoms with Crippen molar-refractivity contribution in [2.75, 3.05) is 7.11 Å². The first-order chi connectivity index (χ1) is 7.85. The lowest BCUT2D eigenvalue weighted by atomic mass is 10.1. The van der Waals surface area contributed by atoms with Crippen LogP contribution < -0.4 is 4.74 Å². The molecule has 0 bridgehead atoms. The van der Waals surface area contributed by atoms with E-state index >= 15 is 0 Å². The monoisotopic (exact) mass is 211 g/mol. The second-order valence-electron chi connectivity index (χ2n) is 3.12. The van der Waals surface area contributed by atoms with Crippen LogP contribution in [0.1, 0.15) is 5.56 Å². The average Bonchev–Trinajstić information content (AvgIpc) is 2.39. The van der Waals surface area contributed by atoms with Gasteiger partial charge in [-0.05, 0) is 18.2 Å². The van der Waals surface area contributed by atoms with Crippen LogP contribution in [0.5, 0.6) is 5.75 Å². The molecular formula is C12H9N3O. The van der Waals surface area contributed by atoms with Crippen LogP contribution >= 0.6 is 0 Å². The molecule has 0 fully saturated rings. The van der Waals surface area contributed by atoms with Gasteiger partial charge in [0, 0.05) is 18.0 Å². The molecule has 2 heterocycles. The summed E-state index contributed by atoms with van der Waals surface area (Å²) in [6.07, 6.45) is 4.93. The summed E-state index contributed by atoms with van der Waals surface area (Å²) in [6.45, 7) is 0. The Bertz CT molecular complexity index is 532. The topological polar surface area (TPSA) is 58.8 Å². The molecule has 0 aliphatic rings. The molecule has 0 saturated heterocycles. The van der Waals surface area contributed by atoms with Crippen LogP contribution in [-0.4, -0.2) is 17.1 Å². The van der Waals surface area contributed by atoms with Gasteiger partial charge in [-0.15, -0.1) is 0 Å². The molecule has 2 aromatic rings. The highest BCUT2D eigenvalue weighted by atomic mass is 16.5. The van der Waals surface area contributed by atoms with E-state index in [1.165, 1.54) is 7.11 Å². The summed E-state index contributed by atoms with van der Waals surface area (Å²) in [7, 11) is 1.52. The Morgan fingerprint density at radius 3 is 2.69 bits per heavy atom. The molecule has 0 aromatic carbocycles. The third-order valence-corrected chi connectivity index (χ3v) is 2.18. The van der Waals surface area contributed by atoms with Gasteiger partial charge in [-0.2, -0.15) is 5.26 Å². The number of nitrogens with zero attached hydrogens (tertiary/aromatic N) is 3. The van der Waals surface area contributed by atoms with Gasteiger partial charge < -0.3 is 4.74 Å². The first kappa shape index (κ1) is 10.1. The van der Waals surface area contributed by atoms with Gasteiger partial charge in [-0.1, -0.05) is 0 Å². The molecule has 0 radical (unpaired) electrons. The van der Waals surface area contributed by atoms with Crippen LogP contribution in [-0.2, 0) is 0 Å². The fourth-order valence-corrected chi connectivity index (χ4v) is 1.37. The summed E-state index contributed by atoms with van der Waals surface area (Å²) < 4.78 is 5.03. The predicted molar refractivity (Wildman–Crippen MR) is 58.7 cm³/mol. The summed E-state index contributed by atoms with van der Waals surface area (Å²) in [6, 6.07) is 7.47. The number of rotatable bonds is 2. The highest BCUT2D eigenvalue weighted by Gasteiger charge is 2.06. The fraction of sp³-hybridized carbons (Fsp3) is 0.0833. The molecule has 78 valence electrons. The molecule has 0 aliphatic carbocycles. The lowest BCUT2D eigenvalue weighted by Gasteiger charge is -2.04. The van der Waals surface area contributed by atoms with Gasteiger partial charge in [0.2, 0.25) is 0 Å². The number of pyridine rings is 2. The van der Waals surface area contributed by atoms with Crippen molar-refractivity contribution in [3.05, 3.63) is 42.4 Å². The normalized spacial score (nSPS) is 9.50. The van der Waals surface area contributed by atoms with Gasteiger partial charge in [0.15, 0.2) is 5.75 Å². The molecule has 0 atom stereocenters. The minimum atomic E-state index is 0.476. The summed E-state index contributed by atoms with van der Waals surface area (Å²) in [5, 5.41) is 8.95. The first-order valence-electron chi connectivity index (χ1n) is 4.69. The number of hydrogen-bond acceptors (Lipinski definition) is 4. The highest BCUT2D eigenvalue weighted by Crippen LogP contribution is 2.22. The zero-order valence-corrected chi connectivity index (χ0v) is 8.71. The van der Waals surface area contributed by atoms with E-state index in [0.29, 0.717) is 11.3 Å². The Morgan fingerprint density at radius 1 is 1.31 bits per heavy atom. The van der Waals surface area contributed by atoms with Crippen molar-refractivity contribution < 1.29 is 4.74 Å². The van der Waals surface area contributed by atoms with Crippen LogP contribution in [0, 0.1) is 11.3 Å². The molecule has 4 heteroatoms. The van der Waals surface area contributed by atoms with Gasteiger partial charge in [0.25, 0.3) is 0 Å². The molecule has 0 saturated carbocycles. The fourth-order valence-electron chi connectivity index (χ4n) is 1.37. The van der Waals surface area contributed by atoms with Gasteiger partial charge in [0.05, 0.1) is 24.6 Å². The van der Waals surface area contributed by atoms with E-state index in [1.54, 1.807) is 24.7 Å². The third-order valence-electron chi connectivity index (χ3n) is 2.18. The Balaban J connectivity index is 2.49. The Morgan fingerprint density at radius 2 is 2.06 bits per heavy atom. The van der Waals surface area contributed by atoms with Crippen LogP contribution in [0.15, 0.2) is 36.8 Å². The van der Waals surface area contributed by atoms with Crippen molar-refractivity contribution in [2.45, 2.75) is 0 Å². The standard InChI is InChI=1S/C12H9N3O/c1-16-12-8-15-11(6-10(12)7-13)9-2-4-14-5-3-9/h2-6,8H,1H3. The summed E-state index contributed by atoms with van der Waals surface area (Å²) in [4.78, 5) is 8.15. The second-order valence-corrected chi connectivity index (χ2v) is 3.12. The molecule has 0 spiro atoms. The molecule has 0 unspecified atom stereocenters. The second kappa shape index (κ2) is 4.41. The van der Waals surface area contributed by atoms with Gasteiger partial charge >= 0.3 is 0 Å². The highest BCUT2D eigenvalue weighted by molar-refractivity contribution is 5.62. The summed E-state index contributed by atoms with van der Waals surface area (Å²) >= 11 is 0. The zero-order valence-electron chi connectivity index (χ0n) is 8.71. The minimum Gasteiger partial charge on any atom is -0.494 e. The molecule has 0 amide bonds. The molecule has 4 nitrogen and oxygen atoms in total. The Labute approximate surface area is 93.2 Å². The number of nitriles is 1. The van der Waals surface area contributed by atoms with Crippen molar-refractivity contribution in [2.24, 2.45) is 0 Å². The van der Waals surface area contributed by atoms with Crippen molar-refractivity contribution in [3.63, 3.8) is 0 Å². The van der Waals surface area contributed by atoms with Gasteiger partial charge in [0.1, 0.15) is 6.07 Å². The number of methoxy groups -OCH3 is 1. The molecule has 0 N–H and O–H groups in total. The van der Waals surface area contributed by atoms with E-state index in [1.807, 2.05) is 12.1 Å². The maximum absolute atomic E-state index is 8.95. The van der Waals surface area contributed by atoms with E-state index in [4.69, 9.17) is 10.00 Å². The number of aromatic nitrogens is 2. The molecule has 16 heavy (non-hydrogen) atoms. The van der Waals surface area contributed by atoms with Crippen molar-refractivity contribution in [3.8, 4) is 23.1 Å². The van der Waals surface area contributed by atoms with Crippen LogP contribution in [0.25, 0.3) is 11.3 Å². The number of hydrogen-bond donors (Lipinski definition) is 0. The van der Waals surface area contributed by atoms with Crippen molar-refractivity contribution in [1.82, 2.24) is 9.97 Å². The lowest BCUT2D eigenvalue weighted by molar-refractivity contribution is 0.411. The maximum atomic E-state index is 8.95. The third kappa shape index (κ3) is 1.84. The van der Waals surface area contributed by atoms with Gasteiger partial charge in [-0.3, -0.25) is 9.97 Å².